The number of benzene rings is 2. The van der Waals surface area contributed by atoms with E-state index in [1.165, 1.54) is 23.5 Å². The first kappa shape index (κ1) is 17.4. The molecule has 3 aromatic rings. The van der Waals surface area contributed by atoms with Crippen LogP contribution in [0.15, 0.2) is 66.0 Å². The van der Waals surface area contributed by atoms with Crippen molar-refractivity contribution in [2.24, 2.45) is 0 Å². The van der Waals surface area contributed by atoms with Gasteiger partial charge in [0.25, 0.3) is 11.8 Å². The zero-order valence-corrected chi connectivity index (χ0v) is 14.2. The second-order valence-electron chi connectivity index (χ2n) is 5.30. The number of carboxylic acids is 1. The lowest BCUT2D eigenvalue weighted by Gasteiger charge is -2.12. The van der Waals surface area contributed by atoms with Gasteiger partial charge >= 0.3 is 0 Å². The maximum atomic E-state index is 12.3. The molecule has 0 radical (unpaired) electrons. The number of nitrogens with one attached hydrogen (secondary N) is 2. The Labute approximate surface area is 153 Å². The quantitative estimate of drug-likeness (QED) is 0.726. The summed E-state index contributed by atoms with van der Waals surface area (Å²) in [5, 5.41) is 18.2. The average molecular weight is 365 g/mol. The number of carbonyl (C=O) groups excluding carboxylic acids is 3. The minimum atomic E-state index is -1.37. The van der Waals surface area contributed by atoms with E-state index >= 15 is 0 Å². The van der Waals surface area contributed by atoms with Crippen molar-refractivity contribution in [2.45, 2.75) is 0 Å². The number of rotatable bonds is 5. The van der Waals surface area contributed by atoms with Gasteiger partial charge in [-0.3, -0.25) is 9.59 Å². The lowest BCUT2D eigenvalue weighted by Crippen LogP contribution is -2.24. The van der Waals surface area contributed by atoms with Crippen molar-refractivity contribution in [3.8, 4) is 0 Å². The van der Waals surface area contributed by atoms with Gasteiger partial charge in [-0.05, 0) is 41.8 Å². The number of anilines is 2. The maximum Gasteiger partial charge on any atom is 0.265 e. The van der Waals surface area contributed by atoms with Crippen molar-refractivity contribution in [3.63, 3.8) is 0 Å². The molecule has 0 spiro atoms. The van der Waals surface area contributed by atoms with Crippen molar-refractivity contribution in [2.75, 3.05) is 10.6 Å². The zero-order chi connectivity index (χ0) is 18.5. The Hall–Kier alpha value is -3.45. The van der Waals surface area contributed by atoms with Gasteiger partial charge in [-0.2, -0.15) is 0 Å². The minimum absolute atomic E-state index is 0.0966. The number of para-hydroxylation sites is 1. The maximum absolute atomic E-state index is 12.3. The lowest BCUT2D eigenvalue weighted by molar-refractivity contribution is -0.254. The summed E-state index contributed by atoms with van der Waals surface area (Å²) < 4.78 is 0. The van der Waals surface area contributed by atoms with Gasteiger partial charge < -0.3 is 20.5 Å². The molecule has 7 heteroatoms. The molecule has 0 saturated heterocycles. The normalized spacial score (nSPS) is 10.2. The summed E-state index contributed by atoms with van der Waals surface area (Å²) in [6.07, 6.45) is 0. The van der Waals surface area contributed by atoms with E-state index in [9.17, 15) is 19.5 Å². The number of carbonyl (C=O) groups is 3. The molecule has 0 fully saturated rings. The number of hydrogen-bond acceptors (Lipinski definition) is 5. The highest BCUT2D eigenvalue weighted by molar-refractivity contribution is 7.12. The molecule has 1 aromatic heterocycles. The van der Waals surface area contributed by atoms with Crippen LogP contribution in [0, 0.1) is 0 Å². The Morgan fingerprint density at radius 3 is 2.19 bits per heavy atom. The third-order valence-electron chi connectivity index (χ3n) is 3.55. The standard InChI is InChI=1S/C19H14N2O4S/c22-17(21-15-5-2-1-4-14(15)19(24)25)12-7-9-13(10-8-12)20-18(23)16-6-3-11-26-16/h1-11H,(H,20,23)(H,21,22)(H,24,25)/p-1. The first-order valence-corrected chi connectivity index (χ1v) is 8.49. The summed E-state index contributed by atoms with van der Waals surface area (Å²) in [7, 11) is 0. The fourth-order valence-electron chi connectivity index (χ4n) is 2.27. The molecule has 0 saturated carbocycles. The van der Waals surface area contributed by atoms with Crippen LogP contribution in [0.3, 0.4) is 0 Å². The molecular formula is C19H13N2O4S-. The summed E-state index contributed by atoms with van der Waals surface area (Å²) in [4.78, 5) is 36.0. The number of amides is 2. The molecule has 3 rings (SSSR count). The van der Waals surface area contributed by atoms with Gasteiger partial charge in [0.1, 0.15) is 0 Å². The van der Waals surface area contributed by atoms with Crippen LogP contribution in [-0.4, -0.2) is 17.8 Å². The first-order chi connectivity index (χ1) is 12.5. The van der Waals surface area contributed by atoms with Crippen molar-refractivity contribution in [1.29, 1.82) is 0 Å². The van der Waals surface area contributed by atoms with E-state index < -0.39 is 11.9 Å². The number of carboxylic acid groups (broad SMARTS) is 1. The van der Waals surface area contributed by atoms with E-state index in [4.69, 9.17) is 0 Å². The Balaban J connectivity index is 1.69. The molecule has 0 bridgehead atoms. The van der Waals surface area contributed by atoms with Gasteiger partial charge in [-0.25, -0.2) is 0 Å². The molecule has 130 valence electrons. The highest BCUT2D eigenvalue weighted by Crippen LogP contribution is 2.17. The molecule has 2 aromatic carbocycles. The van der Waals surface area contributed by atoms with Crippen LogP contribution in [0.25, 0.3) is 0 Å². The fourth-order valence-corrected chi connectivity index (χ4v) is 2.89. The third-order valence-corrected chi connectivity index (χ3v) is 4.41. The molecule has 0 unspecified atom stereocenters. The van der Waals surface area contributed by atoms with Crippen molar-refractivity contribution in [1.82, 2.24) is 0 Å². The van der Waals surface area contributed by atoms with Crippen LogP contribution in [0.1, 0.15) is 30.4 Å². The molecule has 0 atom stereocenters. The van der Waals surface area contributed by atoms with E-state index in [-0.39, 0.29) is 17.2 Å². The highest BCUT2D eigenvalue weighted by Gasteiger charge is 2.11. The lowest BCUT2D eigenvalue weighted by atomic mass is 10.1. The second kappa shape index (κ2) is 7.62. The summed E-state index contributed by atoms with van der Waals surface area (Å²) in [5.74, 6) is -2.05. The van der Waals surface area contributed by atoms with Crippen LogP contribution < -0.4 is 15.7 Å². The Kier molecular flexibility index (Phi) is 5.09. The number of aromatic carboxylic acids is 1. The van der Waals surface area contributed by atoms with E-state index in [2.05, 4.69) is 10.6 Å². The molecule has 0 aliphatic rings. The second-order valence-corrected chi connectivity index (χ2v) is 6.24. The van der Waals surface area contributed by atoms with Crippen LogP contribution >= 0.6 is 11.3 Å². The summed E-state index contributed by atoms with van der Waals surface area (Å²) in [6, 6.07) is 15.8. The molecule has 26 heavy (non-hydrogen) atoms. The van der Waals surface area contributed by atoms with Gasteiger partial charge in [-0.15, -0.1) is 11.3 Å². The summed E-state index contributed by atoms with van der Waals surface area (Å²) in [6.45, 7) is 0. The van der Waals surface area contributed by atoms with Crippen molar-refractivity contribution < 1.29 is 19.5 Å². The molecule has 6 nitrogen and oxygen atoms in total. The predicted octanol–water partition coefficient (Wildman–Crippen LogP) is 2.62. The van der Waals surface area contributed by atoms with Crippen LogP contribution in [-0.2, 0) is 0 Å². The molecule has 0 aliphatic carbocycles. The highest BCUT2D eigenvalue weighted by atomic mass is 32.1. The van der Waals surface area contributed by atoms with E-state index in [1.807, 2.05) is 5.38 Å². The van der Waals surface area contributed by atoms with Crippen LogP contribution in [0.5, 0.6) is 0 Å². The minimum Gasteiger partial charge on any atom is -0.545 e. The fraction of sp³-hybridized carbons (Fsp3) is 0. The predicted molar refractivity (Wildman–Crippen MR) is 97.4 cm³/mol. The van der Waals surface area contributed by atoms with Gasteiger partial charge in [-0.1, -0.05) is 24.3 Å². The van der Waals surface area contributed by atoms with E-state index in [1.54, 1.807) is 48.5 Å². The van der Waals surface area contributed by atoms with Gasteiger partial charge in [0.2, 0.25) is 0 Å². The Morgan fingerprint density at radius 2 is 1.54 bits per heavy atom. The smallest absolute Gasteiger partial charge is 0.265 e. The zero-order valence-electron chi connectivity index (χ0n) is 13.4. The number of thiophene rings is 1. The van der Waals surface area contributed by atoms with Crippen molar-refractivity contribution >= 4 is 40.5 Å². The Morgan fingerprint density at radius 1 is 0.808 bits per heavy atom. The molecular weight excluding hydrogens is 352 g/mol. The molecule has 1 heterocycles. The summed E-state index contributed by atoms with van der Waals surface area (Å²) >= 11 is 1.33. The third kappa shape index (κ3) is 3.96. The average Bonchev–Trinajstić information content (AvgIpc) is 3.17. The van der Waals surface area contributed by atoms with Crippen LogP contribution in [0.2, 0.25) is 0 Å². The van der Waals surface area contributed by atoms with Crippen molar-refractivity contribution in [3.05, 3.63) is 82.0 Å². The summed E-state index contributed by atoms with van der Waals surface area (Å²) in [5.41, 5.74) is 0.940. The monoisotopic (exact) mass is 365 g/mol. The van der Waals surface area contributed by atoms with Gasteiger partial charge in [0.15, 0.2) is 0 Å². The van der Waals surface area contributed by atoms with Gasteiger partial charge in [0, 0.05) is 16.8 Å². The SMILES string of the molecule is O=C(Nc1ccccc1C(=O)[O-])c1ccc(NC(=O)c2cccs2)cc1. The first-order valence-electron chi connectivity index (χ1n) is 7.61. The van der Waals surface area contributed by atoms with Crippen LogP contribution in [0.4, 0.5) is 11.4 Å². The van der Waals surface area contributed by atoms with E-state index in [0.29, 0.717) is 16.1 Å². The Bertz CT molecular complexity index is 950. The number of hydrogen-bond donors (Lipinski definition) is 2. The van der Waals surface area contributed by atoms with Gasteiger partial charge in [0.05, 0.1) is 16.5 Å². The largest absolute Gasteiger partial charge is 0.545 e. The molecule has 2 N–H and O–H groups in total. The van der Waals surface area contributed by atoms with E-state index in [0.717, 1.165) is 0 Å². The molecule has 2 amide bonds. The molecule has 0 aliphatic heterocycles. The topological polar surface area (TPSA) is 98.3 Å².